The van der Waals surface area contributed by atoms with Gasteiger partial charge in [-0.05, 0) is 43.1 Å². The van der Waals surface area contributed by atoms with Crippen molar-refractivity contribution in [3.05, 3.63) is 29.3 Å². The second-order valence-corrected chi connectivity index (χ2v) is 7.49. The van der Waals surface area contributed by atoms with Crippen molar-refractivity contribution in [2.75, 3.05) is 19.6 Å². The standard InChI is InChI=1S/C20H24FN3O4/c1-2-22-9-8-16(21)17(12-22)28-14-6-7-15-13(10-14)11-23(20(15)27)24-18(25)4-3-5-19(24)26/h6-7,10,16-17H,2-5,8-9,11-12H2,1H3/t16-,17-/m0/s1. The van der Waals surface area contributed by atoms with Crippen LogP contribution in [0.4, 0.5) is 4.39 Å². The van der Waals surface area contributed by atoms with E-state index in [0.717, 1.165) is 18.1 Å². The summed E-state index contributed by atoms with van der Waals surface area (Å²) in [5.74, 6) is -0.578. The SMILES string of the molecule is CCN1CC[C@H](F)[C@@H](Oc2ccc3c(c2)CN(N2C(=O)CCCC2=O)C3=O)C1. The van der Waals surface area contributed by atoms with Gasteiger partial charge < -0.3 is 4.74 Å². The van der Waals surface area contributed by atoms with Crippen LogP contribution < -0.4 is 4.74 Å². The molecule has 0 saturated carbocycles. The zero-order valence-corrected chi connectivity index (χ0v) is 15.9. The number of likely N-dealkylation sites (N-methyl/N-ethyl adjacent to an activating group) is 1. The van der Waals surface area contributed by atoms with Crippen LogP contribution in [0.5, 0.6) is 5.75 Å². The Bertz CT molecular complexity index is 799. The Kier molecular flexibility index (Phi) is 5.05. The number of imide groups is 1. The Labute approximate surface area is 163 Å². The molecule has 2 atom stereocenters. The largest absolute Gasteiger partial charge is 0.486 e. The molecule has 28 heavy (non-hydrogen) atoms. The third kappa shape index (κ3) is 3.37. The fourth-order valence-corrected chi connectivity index (χ4v) is 4.05. The number of rotatable bonds is 4. The van der Waals surface area contributed by atoms with Crippen molar-refractivity contribution in [3.63, 3.8) is 0 Å². The topological polar surface area (TPSA) is 70.2 Å². The molecule has 2 fully saturated rings. The van der Waals surface area contributed by atoms with Crippen LogP contribution in [-0.2, 0) is 16.1 Å². The van der Waals surface area contributed by atoms with Crippen LogP contribution in [0.25, 0.3) is 0 Å². The van der Waals surface area contributed by atoms with E-state index in [2.05, 4.69) is 4.90 Å². The molecule has 0 aromatic heterocycles. The van der Waals surface area contributed by atoms with Crippen LogP contribution in [-0.4, -0.2) is 64.5 Å². The van der Waals surface area contributed by atoms with Crippen LogP contribution in [0.1, 0.15) is 48.5 Å². The summed E-state index contributed by atoms with van der Waals surface area (Å²) >= 11 is 0. The lowest BCUT2D eigenvalue weighted by Gasteiger charge is -2.34. The van der Waals surface area contributed by atoms with Gasteiger partial charge in [0.25, 0.3) is 5.91 Å². The van der Waals surface area contributed by atoms with Gasteiger partial charge in [0.05, 0.1) is 6.54 Å². The van der Waals surface area contributed by atoms with E-state index in [4.69, 9.17) is 4.74 Å². The first-order chi connectivity index (χ1) is 13.5. The number of benzene rings is 1. The monoisotopic (exact) mass is 389 g/mol. The van der Waals surface area contributed by atoms with Gasteiger partial charge in [-0.3, -0.25) is 19.3 Å². The zero-order valence-electron chi connectivity index (χ0n) is 15.9. The van der Waals surface area contributed by atoms with Crippen LogP contribution >= 0.6 is 0 Å². The predicted octanol–water partition coefficient (Wildman–Crippen LogP) is 1.91. The van der Waals surface area contributed by atoms with E-state index < -0.39 is 12.3 Å². The van der Waals surface area contributed by atoms with Crippen molar-refractivity contribution in [2.24, 2.45) is 0 Å². The number of alkyl halides is 1. The highest BCUT2D eigenvalue weighted by Gasteiger charge is 2.39. The molecule has 0 radical (unpaired) electrons. The summed E-state index contributed by atoms with van der Waals surface area (Å²) < 4.78 is 20.2. The van der Waals surface area contributed by atoms with E-state index in [0.29, 0.717) is 36.3 Å². The maximum atomic E-state index is 14.3. The maximum absolute atomic E-state index is 14.3. The van der Waals surface area contributed by atoms with Gasteiger partial charge >= 0.3 is 0 Å². The van der Waals surface area contributed by atoms with Gasteiger partial charge in [-0.1, -0.05) is 6.92 Å². The summed E-state index contributed by atoms with van der Waals surface area (Å²) in [4.78, 5) is 39.1. The molecular formula is C20H24FN3O4. The molecule has 150 valence electrons. The molecule has 3 amide bonds. The maximum Gasteiger partial charge on any atom is 0.273 e. The number of ether oxygens (including phenoxy) is 1. The first kappa shape index (κ1) is 18.9. The minimum Gasteiger partial charge on any atom is -0.486 e. The quantitative estimate of drug-likeness (QED) is 0.736. The van der Waals surface area contributed by atoms with Crippen LogP contribution in [0.2, 0.25) is 0 Å². The normalized spacial score (nSPS) is 26.0. The van der Waals surface area contributed by atoms with Gasteiger partial charge in [-0.25, -0.2) is 9.40 Å². The second kappa shape index (κ2) is 7.50. The first-order valence-electron chi connectivity index (χ1n) is 9.81. The Balaban J connectivity index is 1.51. The highest BCUT2D eigenvalue weighted by atomic mass is 19.1. The molecule has 0 spiro atoms. The van der Waals surface area contributed by atoms with Gasteiger partial charge in [-0.2, -0.15) is 5.01 Å². The molecule has 3 aliphatic heterocycles. The number of carbonyl (C=O) groups is 3. The highest BCUT2D eigenvalue weighted by Crippen LogP contribution is 2.31. The third-order valence-electron chi connectivity index (χ3n) is 5.65. The number of likely N-dealkylation sites (tertiary alicyclic amines) is 1. The van der Waals surface area contributed by atoms with Gasteiger partial charge in [0, 0.05) is 31.5 Å². The summed E-state index contributed by atoms with van der Waals surface area (Å²) in [6, 6.07) is 4.99. The van der Waals surface area contributed by atoms with E-state index in [1.165, 1.54) is 5.01 Å². The van der Waals surface area contributed by atoms with Gasteiger partial charge in [-0.15, -0.1) is 0 Å². The Morgan fingerprint density at radius 2 is 1.93 bits per heavy atom. The molecule has 3 heterocycles. The number of hydrogen-bond acceptors (Lipinski definition) is 5. The van der Waals surface area contributed by atoms with Crippen molar-refractivity contribution in [3.8, 4) is 5.75 Å². The molecule has 0 bridgehead atoms. The number of halogens is 1. The molecule has 4 rings (SSSR count). The number of piperidine rings is 2. The number of nitrogens with zero attached hydrogens (tertiary/aromatic N) is 3. The van der Waals surface area contributed by atoms with E-state index in [9.17, 15) is 18.8 Å². The van der Waals surface area contributed by atoms with E-state index >= 15 is 0 Å². The Morgan fingerprint density at radius 1 is 1.18 bits per heavy atom. The van der Waals surface area contributed by atoms with Crippen molar-refractivity contribution in [1.29, 1.82) is 0 Å². The summed E-state index contributed by atoms with van der Waals surface area (Å²) in [5, 5.41) is 2.18. The number of hydrazine groups is 1. The molecule has 2 saturated heterocycles. The molecule has 1 aromatic rings. The summed E-state index contributed by atoms with van der Waals surface area (Å²) in [6.45, 7) is 4.26. The van der Waals surface area contributed by atoms with Crippen molar-refractivity contribution in [2.45, 2.75) is 51.4 Å². The molecule has 0 unspecified atom stereocenters. The number of fused-ring (bicyclic) bond motifs is 1. The summed E-state index contributed by atoms with van der Waals surface area (Å²) in [5.41, 5.74) is 1.11. The van der Waals surface area contributed by atoms with Crippen molar-refractivity contribution >= 4 is 17.7 Å². The molecule has 8 heteroatoms. The highest BCUT2D eigenvalue weighted by molar-refractivity contribution is 6.04. The van der Waals surface area contributed by atoms with Crippen LogP contribution in [0.15, 0.2) is 18.2 Å². The van der Waals surface area contributed by atoms with E-state index in [-0.39, 0.29) is 37.1 Å². The van der Waals surface area contributed by atoms with Gasteiger partial charge in [0.1, 0.15) is 18.0 Å². The van der Waals surface area contributed by atoms with Gasteiger partial charge in [0.15, 0.2) is 0 Å². The lowest BCUT2D eigenvalue weighted by atomic mass is 10.1. The van der Waals surface area contributed by atoms with Crippen molar-refractivity contribution in [1.82, 2.24) is 14.9 Å². The van der Waals surface area contributed by atoms with Crippen LogP contribution in [0, 0.1) is 0 Å². The fraction of sp³-hybridized carbons (Fsp3) is 0.550. The summed E-state index contributed by atoms with van der Waals surface area (Å²) in [6.07, 6.45) is -0.110. The smallest absolute Gasteiger partial charge is 0.273 e. The number of amides is 3. The first-order valence-corrected chi connectivity index (χ1v) is 9.81. The third-order valence-corrected chi connectivity index (χ3v) is 5.65. The Hall–Kier alpha value is -2.48. The molecule has 0 aliphatic carbocycles. The number of carbonyl (C=O) groups excluding carboxylic acids is 3. The molecule has 1 aromatic carbocycles. The predicted molar refractivity (Wildman–Crippen MR) is 98.1 cm³/mol. The van der Waals surface area contributed by atoms with Crippen LogP contribution in [0.3, 0.4) is 0 Å². The molecule has 0 N–H and O–H groups in total. The minimum absolute atomic E-state index is 0.133. The lowest BCUT2D eigenvalue weighted by molar-refractivity contribution is -0.163. The average molecular weight is 389 g/mol. The number of hydrogen-bond donors (Lipinski definition) is 0. The zero-order chi connectivity index (χ0) is 19.8. The molecular weight excluding hydrogens is 365 g/mol. The fourth-order valence-electron chi connectivity index (χ4n) is 4.05. The van der Waals surface area contributed by atoms with Crippen molar-refractivity contribution < 1.29 is 23.5 Å². The van der Waals surface area contributed by atoms with E-state index in [1.54, 1.807) is 18.2 Å². The summed E-state index contributed by atoms with van der Waals surface area (Å²) in [7, 11) is 0. The Morgan fingerprint density at radius 3 is 2.64 bits per heavy atom. The minimum atomic E-state index is -1.03. The van der Waals surface area contributed by atoms with E-state index in [1.807, 2.05) is 6.92 Å². The second-order valence-electron chi connectivity index (χ2n) is 7.49. The lowest BCUT2D eigenvalue weighted by Crippen LogP contribution is -2.51. The molecule has 7 nitrogen and oxygen atoms in total. The average Bonchev–Trinajstić information content (AvgIpc) is 2.99. The molecule has 3 aliphatic rings. The van der Waals surface area contributed by atoms with Gasteiger partial charge in [0.2, 0.25) is 11.8 Å².